The Balaban J connectivity index is 1.31. The number of carbonyl (C=O) groups excluding carboxylic acids is 2. The van der Waals surface area contributed by atoms with Gasteiger partial charge in [0.1, 0.15) is 5.75 Å². The fraction of sp³-hybridized carbons (Fsp3) is 0.636. The minimum absolute atomic E-state index is 0.0876. The zero-order chi connectivity index (χ0) is 19.7. The Morgan fingerprint density at radius 1 is 1.18 bits per heavy atom. The average Bonchev–Trinajstić information content (AvgIpc) is 3.01. The SMILES string of the molecule is COc1ccc(CNC(=O)[C@@H]2C[C@@H]3CN(C(=O)C4CCC4)CC[C@@H]3N2C)cc1. The quantitative estimate of drug-likeness (QED) is 0.843. The predicted octanol–water partition coefficient (Wildman–Crippen LogP) is 2.03. The molecule has 3 aliphatic rings. The number of piperidine rings is 1. The molecule has 0 radical (unpaired) electrons. The first kappa shape index (κ1) is 19.2. The minimum Gasteiger partial charge on any atom is -0.497 e. The number of nitrogens with one attached hydrogen (secondary N) is 1. The van der Waals surface area contributed by atoms with Crippen molar-refractivity contribution in [2.75, 3.05) is 27.2 Å². The summed E-state index contributed by atoms with van der Waals surface area (Å²) >= 11 is 0. The van der Waals surface area contributed by atoms with Crippen LogP contribution in [0, 0.1) is 11.8 Å². The lowest BCUT2D eigenvalue weighted by Crippen LogP contribution is -2.50. The second-order valence-electron chi connectivity index (χ2n) is 8.51. The number of benzene rings is 1. The third kappa shape index (κ3) is 3.75. The smallest absolute Gasteiger partial charge is 0.237 e. The number of likely N-dealkylation sites (N-methyl/N-ethyl adjacent to an activating group) is 1. The molecule has 1 N–H and O–H groups in total. The topological polar surface area (TPSA) is 61.9 Å². The van der Waals surface area contributed by atoms with Gasteiger partial charge in [-0.1, -0.05) is 18.6 Å². The van der Waals surface area contributed by atoms with Gasteiger partial charge >= 0.3 is 0 Å². The molecule has 2 amide bonds. The lowest BCUT2D eigenvalue weighted by Gasteiger charge is -2.40. The van der Waals surface area contributed by atoms with Crippen LogP contribution in [-0.4, -0.2) is 60.9 Å². The number of ether oxygens (including phenoxy) is 1. The first-order valence-electron chi connectivity index (χ1n) is 10.5. The summed E-state index contributed by atoms with van der Waals surface area (Å²) in [4.78, 5) is 29.7. The average molecular weight is 386 g/mol. The maximum Gasteiger partial charge on any atom is 0.237 e. The van der Waals surface area contributed by atoms with E-state index in [4.69, 9.17) is 4.74 Å². The fourth-order valence-electron chi connectivity index (χ4n) is 4.93. The summed E-state index contributed by atoms with van der Waals surface area (Å²) in [6.45, 7) is 2.17. The molecule has 3 atom stereocenters. The predicted molar refractivity (Wildman–Crippen MR) is 107 cm³/mol. The number of hydrogen-bond acceptors (Lipinski definition) is 4. The highest BCUT2D eigenvalue weighted by Crippen LogP contribution is 2.36. The molecule has 0 bridgehead atoms. The highest BCUT2D eigenvalue weighted by Gasteiger charge is 2.46. The largest absolute Gasteiger partial charge is 0.497 e. The molecule has 2 saturated heterocycles. The Bertz CT molecular complexity index is 716. The molecule has 2 heterocycles. The molecule has 28 heavy (non-hydrogen) atoms. The molecule has 0 aromatic heterocycles. The van der Waals surface area contributed by atoms with E-state index in [0.717, 1.165) is 50.1 Å². The fourth-order valence-corrected chi connectivity index (χ4v) is 4.93. The van der Waals surface area contributed by atoms with Gasteiger partial charge in [-0.2, -0.15) is 0 Å². The van der Waals surface area contributed by atoms with Crippen molar-refractivity contribution in [3.63, 3.8) is 0 Å². The highest BCUT2D eigenvalue weighted by molar-refractivity contribution is 5.82. The van der Waals surface area contributed by atoms with E-state index >= 15 is 0 Å². The molecule has 2 aliphatic heterocycles. The monoisotopic (exact) mass is 385 g/mol. The van der Waals surface area contributed by atoms with E-state index in [1.165, 1.54) is 6.42 Å². The summed E-state index contributed by atoms with van der Waals surface area (Å²) in [5.41, 5.74) is 1.06. The number of fused-ring (bicyclic) bond motifs is 1. The van der Waals surface area contributed by atoms with Gasteiger partial charge in [-0.25, -0.2) is 0 Å². The van der Waals surface area contributed by atoms with E-state index in [0.29, 0.717) is 24.4 Å². The van der Waals surface area contributed by atoms with Crippen LogP contribution < -0.4 is 10.1 Å². The number of hydrogen-bond donors (Lipinski definition) is 1. The van der Waals surface area contributed by atoms with E-state index in [1.807, 2.05) is 24.3 Å². The molecular weight excluding hydrogens is 354 g/mol. The van der Waals surface area contributed by atoms with Crippen LogP contribution >= 0.6 is 0 Å². The Labute approximate surface area is 167 Å². The van der Waals surface area contributed by atoms with Crippen LogP contribution in [0.15, 0.2) is 24.3 Å². The van der Waals surface area contributed by atoms with Crippen molar-refractivity contribution >= 4 is 11.8 Å². The van der Waals surface area contributed by atoms with Crippen molar-refractivity contribution in [1.29, 1.82) is 0 Å². The standard InChI is InChI=1S/C22H31N3O3/c1-24-19-10-11-25(22(27)16-4-3-5-16)14-17(19)12-20(24)21(26)23-13-15-6-8-18(28-2)9-7-15/h6-9,16-17,19-20H,3-5,10-14H2,1-2H3,(H,23,26)/t17-,19+,20+/m1/s1. The van der Waals surface area contributed by atoms with Crippen molar-refractivity contribution in [3.05, 3.63) is 29.8 Å². The van der Waals surface area contributed by atoms with Crippen LogP contribution in [0.3, 0.4) is 0 Å². The molecule has 6 nitrogen and oxygen atoms in total. The van der Waals surface area contributed by atoms with Gasteiger partial charge in [0.25, 0.3) is 0 Å². The van der Waals surface area contributed by atoms with E-state index in [9.17, 15) is 9.59 Å². The van der Waals surface area contributed by atoms with Gasteiger partial charge < -0.3 is 15.0 Å². The first-order chi connectivity index (χ1) is 13.6. The van der Waals surface area contributed by atoms with Gasteiger partial charge in [-0.05, 0) is 56.3 Å². The van der Waals surface area contributed by atoms with Crippen LogP contribution in [0.25, 0.3) is 0 Å². The summed E-state index contributed by atoms with van der Waals surface area (Å²) in [5.74, 6) is 1.92. The van der Waals surface area contributed by atoms with E-state index in [-0.39, 0.29) is 17.9 Å². The molecule has 1 saturated carbocycles. The van der Waals surface area contributed by atoms with Gasteiger partial charge in [0.05, 0.1) is 13.2 Å². The number of amides is 2. The molecule has 6 heteroatoms. The van der Waals surface area contributed by atoms with Gasteiger partial charge in [0.2, 0.25) is 11.8 Å². The Morgan fingerprint density at radius 2 is 1.93 bits per heavy atom. The van der Waals surface area contributed by atoms with Gasteiger partial charge in [0, 0.05) is 31.6 Å². The number of carbonyl (C=O) groups is 2. The van der Waals surface area contributed by atoms with E-state index in [2.05, 4.69) is 22.2 Å². The lowest BCUT2D eigenvalue weighted by molar-refractivity contribution is -0.140. The summed E-state index contributed by atoms with van der Waals surface area (Å²) < 4.78 is 5.17. The molecule has 0 spiro atoms. The second kappa shape index (κ2) is 8.11. The number of nitrogens with zero attached hydrogens (tertiary/aromatic N) is 2. The molecule has 1 aliphatic carbocycles. The lowest BCUT2D eigenvalue weighted by atomic mass is 9.83. The molecule has 4 rings (SSSR count). The Hall–Kier alpha value is -2.08. The number of rotatable bonds is 5. The summed E-state index contributed by atoms with van der Waals surface area (Å²) in [5, 5.41) is 3.09. The third-order valence-corrected chi connectivity index (χ3v) is 6.93. The summed E-state index contributed by atoms with van der Waals surface area (Å²) in [7, 11) is 3.71. The molecule has 1 aromatic rings. The third-order valence-electron chi connectivity index (χ3n) is 6.93. The summed E-state index contributed by atoms with van der Waals surface area (Å²) in [6.07, 6.45) is 5.11. The van der Waals surface area contributed by atoms with E-state index in [1.54, 1.807) is 7.11 Å². The molecule has 152 valence electrons. The van der Waals surface area contributed by atoms with Gasteiger partial charge in [-0.3, -0.25) is 14.5 Å². The van der Waals surface area contributed by atoms with Crippen molar-refractivity contribution in [1.82, 2.24) is 15.1 Å². The zero-order valence-corrected chi connectivity index (χ0v) is 16.9. The maximum atomic E-state index is 12.8. The van der Waals surface area contributed by atoms with Crippen molar-refractivity contribution in [2.24, 2.45) is 11.8 Å². The Kier molecular flexibility index (Phi) is 5.58. The molecule has 3 fully saturated rings. The molecule has 1 aromatic carbocycles. The normalized spacial score (nSPS) is 27.8. The van der Waals surface area contributed by atoms with Crippen LogP contribution in [0.1, 0.15) is 37.7 Å². The second-order valence-corrected chi connectivity index (χ2v) is 8.51. The summed E-state index contributed by atoms with van der Waals surface area (Å²) in [6, 6.07) is 8.06. The highest BCUT2D eigenvalue weighted by atomic mass is 16.5. The van der Waals surface area contributed by atoms with Crippen LogP contribution in [-0.2, 0) is 16.1 Å². The maximum absolute atomic E-state index is 12.8. The van der Waals surface area contributed by atoms with E-state index < -0.39 is 0 Å². The van der Waals surface area contributed by atoms with Crippen LogP contribution in [0.4, 0.5) is 0 Å². The van der Waals surface area contributed by atoms with Crippen molar-refractivity contribution in [3.8, 4) is 5.75 Å². The van der Waals surface area contributed by atoms with Gasteiger partial charge in [0.15, 0.2) is 0 Å². The number of likely N-dealkylation sites (tertiary alicyclic amines) is 2. The van der Waals surface area contributed by atoms with Gasteiger partial charge in [-0.15, -0.1) is 0 Å². The van der Waals surface area contributed by atoms with Crippen molar-refractivity contribution < 1.29 is 14.3 Å². The zero-order valence-electron chi connectivity index (χ0n) is 16.9. The Morgan fingerprint density at radius 3 is 2.57 bits per heavy atom. The van der Waals surface area contributed by atoms with Crippen LogP contribution in [0.2, 0.25) is 0 Å². The minimum atomic E-state index is -0.105. The number of methoxy groups -OCH3 is 1. The molecule has 0 unspecified atom stereocenters. The van der Waals surface area contributed by atoms with Crippen molar-refractivity contribution in [2.45, 2.75) is 50.7 Å². The molecular formula is C22H31N3O3. The van der Waals surface area contributed by atoms with Crippen LogP contribution in [0.5, 0.6) is 5.75 Å². The first-order valence-corrected chi connectivity index (χ1v) is 10.5.